The van der Waals surface area contributed by atoms with E-state index in [4.69, 9.17) is 0 Å². The van der Waals surface area contributed by atoms with Crippen molar-refractivity contribution in [2.45, 2.75) is 39.7 Å². The van der Waals surface area contributed by atoms with E-state index in [1.54, 1.807) is 0 Å². The van der Waals surface area contributed by atoms with Gasteiger partial charge in [0.05, 0.1) is 24.0 Å². The van der Waals surface area contributed by atoms with Gasteiger partial charge in [0.25, 0.3) is 0 Å². The first-order valence-corrected chi connectivity index (χ1v) is 11.5. The van der Waals surface area contributed by atoms with Gasteiger partial charge >= 0.3 is 0 Å². The lowest BCUT2D eigenvalue weighted by atomic mass is 10.1. The third-order valence-corrected chi connectivity index (χ3v) is 7.29. The molecule has 2 fully saturated rings. The molecule has 3 amide bonds. The number of likely N-dealkylation sites (tertiary alicyclic amines) is 1. The van der Waals surface area contributed by atoms with Crippen LogP contribution in [0.1, 0.15) is 29.5 Å². The van der Waals surface area contributed by atoms with Crippen molar-refractivity contribution in [1.29, 1.82) is 0 Å². The van der Waals surface area contributed by atoms with Crippen molar-refractivity contribution in [3.63, 3.8) is 0 Å². The zero-order chi connectivity index (χ0) is 21.3. The fourth-order valence-corrected chi connectivity index (χ4v) is 5.88. The van der Waals surface area contributed by atoms with Gasteiger partial charge in [-0.1, -0.05) is 17.7 Å². The minimum atomic E-state index is -3.10. The van der Waals surface area contributed by atoms with E-state index in [1.807, 2.05) is 32.9 Å². The van der Waals surface area contributed by atoms with Crippen LogP contribution in [0, 0.1) is 26.7 Å². The summed E-state index contributed by atoms with van der Waals surface area (Å²) in [4.78, 5) is 38.4. The summed E-state index contributed by atoms with van der Waals surface area (Å²) in [6.07, 6.45) is 0.459. The number of nitrogens with zero attached hydrogens (tertiary/aromatic N) is 1. The monoisotopic (exact) mass is 421 g/mol. The van der Waals surface area contributed by atoms with E-state index in [0.29, 0.717) is 6.42 Å². The molecule has 0 spiro atoms. The second kappa shape index (κ2) is 8.14. The zero-order valence-electron chi connectivity index (χ0n) is 16.9. The standard InChI is InChI=1S/C20H27N3O5S/c1-12-6-13(2)19(14(3)7-12)22-17(24)9-21-20(26)15-8-18(25)23(10-15)16-4-5-29(27,28)11-16/h6-7,15-16H,4-5,8-11H2,1-3H3,(H,21,26)(H,22,24). The minimum Gasteiger partial charge on any atom is -0.347 e. The Bertz CT molecular complexity index is 934. The first-order valence-electron chi connectivity index (χ1n) is 9.71. The SMILES string of the molecule is Cc1cc(C)c(NC(=O)CNC(=O)C2CC(=O)N(C3CCS(=O)(=O)C3)C2)c(C)c1. The van der Waals surface area contributed by atoms with Crippen LogP contribution in [0.25, 0.3) is 0 Å². The molecule has 0 bridgehead atoms. The lowest BCUT2D eigenvalue weighted by Gasteiger charge is -2.22. The molecule has 158 valence electrons. The average Bonchev–Trinajstić information content (AvgIpc) is 3.18. The third-order valence-electron chi connectivity index (χ3n) is 5.54. The summed E-state index contributed by atoms with van der Waals surface area (Å²) in [5, 5.41) is 5.42. The van der Waals surface area contributed by atoms with Gasteiger partial charge in [-0.3, -0.25) is 14.4 Å². The number of anilines is 1. The molecule has 0 radical (unpaired) electrons. The predicted octanol–water partition coefficient (Wildman–Crippen LogP) is 0.702. The molecule has 2 aliphatic rings. The van der Waals surface area contributed by atoms with E-state index in [0.717, 1.165) is 22.4 Å². The maximum atomic E-state index is 12.4. The number of amides is 3. The van der Waals surface area contributed by atoms with Crippen LogP contribution in [-0.4, -0.2) is 61.7 Å². The van der Waals surface area contributed by atoms with Crippen LogP contribution in [0.15, 0.2) is 12.1 Å². The summed E-state index contributed by atoms with van der Waals surface area (Å²) < 4.78 is 23.3. The Hall–Kier alpha value is -2.42. The van der Waals surface area contributed by atoms with Crippen molar-refractivity contribution in [2.24, 2.45) is 5.92 Å². The summed E-state index contributed by atoms with van der Waals surface area (Å²) in [5.74, 6) is -1.43. The fraction of sp³-hybridized carbons (Fsp3) is 0.550. The van der Waals surface area contributed by atoms with Crippen LogP contribution < -0.4 is 10.6 Å². The topological polar surface area (TPSA) is 113 Å². The van der Waals surface area contributed by atoms with E-state index in [1.165, 1.54) is 4.90 Å². The molecule has 8 nitrogen and oxygen atoms in total. The number of carbonyl (C=O) groups excluding carboxylic acids is 3. The van der Waals surface area contributed by atoms with E-state index in [-0.39, 0.29) is 54.8 Å². The van der Waals surface area contributed by atoms with Gasteiger partial charge in [0.1, 0.15) is 0 Å². The lowest BCUT2D eigenvalue weighted by Crippen LogP contribution is -2.40. The van der Waals surface area contributed by atoms with Crippen molar-refractivity contribution in [3.8, 4) is 0 Å². The average molecular weight is 422 g/mol. The van der Waals surface area contributed by atoms with E-state index >= 15 is 0 Å². The van der Waals surface area contributed by atoms with Crippen LogP contribution in [-0.2, 0) is 24.2 Å². The molecule has 2 atom stereocenters. The molecular weight excluding hydrogens is 394 g/mol. The van der Waals surface area contributed by atoms with Gasteiger partial charge in [0.15, 0.2) is 9.84 Å². The van der Waals surface area contributed by atoms with Crippen molar-refractivity contribution in [2.75, 3.05) is 29.9 Å². The van der Waals surface area contributed by atoms with Crippen molar-refractivity contribution in [3.05, 3.63) is 28.8 Å². The quantitative estimate of drug-likeness (QED) is 0.727. The molecule has 29 heavy (non-hydrogen) atoms. The molecule has 2 saturated heterocycles. The van der Waals surface area contributed by atoms with Gasteiger partial charge in [-0.25, -0.2) is 8.42 Å². The van der Waals surface area contributed by atoms with Crippen molar-refractivity contribution >= 4 is 33.2 Å². The number of hydrogen-bond acceptors (Lipinski definition) is 5. The van der Waals surface area contributed by atoms with E-state index in [9.17, 15) is 22.8 Å². The predicted molar refractivity (Wildman–Crippen MR) is 109 cm³/mol. The van der Waals surface area contributed by atoms with Crippen LogP contribution in [0.3, 0.4) is 0 Å². The smallest absolute Gasteiger partial charge is 0.243 e. The molecule has 9 heteroatoms. The Balaban J connectivity index is 1.52. The second-order valence-electron chi connectivity index (χ2n) is 8.04. The van der Waals surface area contributed by atoms with Gasteiger partial charge in [0, 0.05) is 24.7 Å². The van der Waals surface area contributed by atoms with Crippen LogP contribution in [0.5, 0.6) is 0 Å². The molecule has 1 aromatic carbocycles. The summed E-state index contributed by atoms with van der Waals surface area (Å²) in [5.41, 5.74) is 3.74. The van der Waals surface area contributed by atoms with Gasteiger partial charge in [-0.05, 0) is 38.3 Å². The Kier molecular flexibility index (Phi) is 5.97. The number of hydrogen-bond donors (Lipinski definition) is 2. The molecule has 3 rings (SSSR count). The Labute approximate surface area is 170 Å². The summed E-state index contributed by atoms with van der Waals surface area (Å²) in [7, 11) is -3.10. The normalized spacial score (nSPS) is 23.3. The highest BCUT2D eigenvalue weighted by Crippen LogP contribution is 2.26. The van der Waals surface area contributed by atoms with Gasteiger partial charge in [-0.2, -0.15) is 0 Å². The molecule has 0 aromatic heterocycles. The van der Waals surface area contributed by atoms with E-state index in [2.05, 4.69) is 10.6 Å². The first kappa shape index (κ1) is 21.3. The Morgan fingerprint density at radius 2 is 1.83 bits per heavy atom. The van der Waals surface area contributed by atoms with Gasteiger partial charge in [0.2, 0.25) is 17.7 Å². The van der Waals surface area contributed by atoms with E-state index < -0.39 is 15.8 Å². The van der Waals surface area contributed by atoms with Crippen LogP contribution in [0.2, 0.25) is 0 Å². The highest BCUT2D eigenvalue weighted by molar-refractivity contribution is 7.91. The number of carbonyl (C=O) groups is 3. The number of rotatable bonds is 5. The molecule has 0 aliphatic carbocycles. The summed E-state index contributed by atoms with van der Waals surface area (Å²) in [6, 6.07) is 3.60. The molecule has 2 aliphatic heterocycles. The Morgan fingerprint density at radius 3 is 2.41 bits per heavy atom. The van der Waals surface area contributed by atoms with Crippen LogP contribution in [0.4, 0.5) is 5.69 Å². The largest absolute Gasteiger partial charge is 0.347 e. The van der Waals surface area contributed by atoms with Gasteiger partial charge in [-0.15, -0.1) is 0 Å². The second-order valence-corrected chi connectivity index (χ2v) is 10.3. The molecule has 2 unspecified atom stereocenters. The third kappa shape index (κ3) is 4.95. The number of benzene rings is 1. The summed E-state index contributed by atoms with van der Waals surface area (Å²) in [6.45, 7) is 5.82. The van der Waals surface area contributed by atoms with Gasteiger partial charge < -0.3 is 15.5 Å². The molecule has 1 aromatic rings. The number of nitrogens with one attached hydrogen (secondary N) is 2. The highest BCUT2D eigenvalue weighted by atomic mass is 32.2. The zero-order valence-corrected chi connectivity index (χ0v) is 17.8. The summed E-state index contributed by atoms with van der Waals surface area (Å²) >= 11 is 0. The maximum absolute atomic E-state index is 12.4. The molecular formula is C20H27N3O5S. The molecule has 2 N–H and O–H groups in total. The van der Waals surface area contributed by atoms with Crippen molar-refractivity contribution < 1.29 is 22.8 Å². The van der Waals surface area contributed by atoms with Crippen LogP contribution >= 0.6 is 0 Å². The Morgan fingerprint density at radius 1 is 1.17 bits per heavy atom. The highest BCUT2D eigenvalue weighted by Gasteiger charge is 2.41. The fourth-order valence-electron chi connectivity index (χ4n) is 4.15. The number of sulfone groups is 1. The first-order chi connectivity index (χ1) is 13.6. The van der Waals surface area contributed by atoms with Crippen molar-refractivity contribution in [1.82, 2.24) is 10.2 Å². The maximum Gasteiger partial charge on any atom is 0.243 e. The molecule has 2 heterocycles. The molecule has 0 saturated carbocycles. The number of aryl methyl sites for hydroxylation is 3. The lowest BCUT2D eigenvalue weighted by molar-refractivity contribution is -0.130. The minimum absolute atomic E-state index is 0.0370.